The molecule has 1 atom stereocenters. The number of thiophene rings is 1. The number of esters is 1. The standard InChI is InChI=1S/C18H22N2O4S3/c1-3-24-17(23)14-11-6-4-5-7-12(11)27-15(14)19-13(21)8-9-20-16(22)10(2)26-18(20)25/h10H,3-9H2,1-2H3,(H,19,21). The molecule has 2 aliphatic rings. The molecule has 0 radical (unpaired) electrons. The van der Waals surface area contributed by atoms with Crippen LogP contribution >= 0.6 is 35.3 Å². The summed E-state index contributed by atoms with van der Waals surface area (Å²) in [5, 5.41) is 3.23. The summed E-state index contributed by atoms with van der Waals surface area (Å²) < 4.78 is 5.71. The average molecular weight is 427 g/mol. The fourth-order valence-corrected chi connectivity index (χ4v) is 6.00. The average Bonchev–Trinajstić information content (AvgIpc) is 3.10. The molecule has 27 heavy (non-hydrogen) atoms. The number of fused-ring (bicyclic) bond motifs is 1. The van der Waals surface area contributed by atoms with Gasteiger partial charge < -0.3 is 10.1 Å². The van der Waals surface area contributed by atoms with Crippen molar-refractivity contribution in [3.63, 3.8) is 0 Å². The Labute approximate surface area is 172 Å². The Morgan fingerprint density at radius 1 is 1.33 bits per heavy atom. The van der Waals surface area contributed by atoms with Gasteiger partial charge in [0, 0.05) is 17.8 Å². The number of thioether (sulfide) groups is 1. The van der Waals surface area contributed by atoms with Gasteiger partial charge in [0.05, 0.1) is 17.4 Å². The second kappa shape index (κ2) is 8.70. The number of thiocarbonyl (C=S) groups is 1. The van der Waals surface area contributed by atoms with Crippen LogP contribution in [0.4, 0.5) is 5.00 Å². The SMILES string of the molecule is CCOC(=O)c1c(NC(=O)CCN2C(=O)C(C)SC2=S)sc2c1CCCC2. The van der Waals surface area contributed by atoms with Crippen LogP contribution in [0.5, 0.6) is 0 Å². The highest BCUT2D eigenvalue weighted by atomic mass is 32.2. The first-order valence-electron chi connectivity index (χ1n) is 9.05. The molecule has 1 unspecified atom stereocenters. The van der Waals surface area contributed by atoms with Crippen molar-refractivity contribution in [2.75, 3.05) is 18.5 Å². The van der Waals surface area contributed by atoms with E-state index in [1.54, 1.807) is 13.8 Å². The number of rotatable bonds is 6. The van der Waals surface area contributed by atoms with E-state index in [4.69, 9.17) is 17.0 Å². The van der Waals surface area contributed by atoms with Gasteiger partial charge in [-0.05, 0) is 45.1 Å². The molecule has 0 aromatic carbocycles. The number of carbonyl (C=O) groups is 3. The van der Waals surface area contributed by atoms with Crippen molar-refractivity contribution >= 4 is 62.4 Å². The van der Waals surface area contributed by atoms with Gasteiger partial charge in [0.25, 0.3) is 0 Å². The van der Waals surface area contributed by atoms with E-state index in [2.05, 4.69) is 5.32 Å². The topological polar surface area (TPSA) is 75.7 Å². The molecular weight excluding hydrogens is 404 g/mol. The van der Waals surface area contributed by atoms with Gasteiger partial charge in [0.1, 0.15) is 9.32 Å². The monoisotopic (exact) mass is 426 g/mol. The van der Waals surface area contributed by atoms with Crippen LogP contribution in [-0.4, -0.2) is 45.4 Å². The molecule has 1 aliphatic heterocycles. The number of amides is 2. The van der Waals surface area contributed by atoms with E-state index in [0.717, 1.165) is 36.1 Å². The lowest BCUT2D eigenvalue weighted by molar-refractivity contribution is -0.126. The van der Waals surface area contributed by atoms with E-state index < -0.39 is 0 Å². The van der Waals surface area contributed by atoms with Crippen molar-refractivity contribution in [3.05, 3.63) is 16.0 Å². The van der Waals surface area contributed by atoms with Gasteiger partial charge in [0.2, 0.25) is 11.8 Å². The molecule has 146 valence electrons. The maximum atomic E-state index is 12.5. The molecule has 1 N–H and O–H groups in total. The Balaban J connectivity index is 1.70. The minimum atomic E-state index is -0.381. The van der Waals surface area contributed by atoms with Crippen molar-refractivity contribution in [2.24, 2.45) is 0 Å². The zero-order valence-electron chi connectivity index (χ0n) is 15.3. The second-order valence-electron chi connectivity index (χ2n) is 6.45. The molecule has 1 aromatic heterocycles. The summed E-state index contributed by atoms with van der Waals surface area (Å²) in [4.78, 5) is 39.6. The second-order valence-corrected chi connectivity index (χ2v) is 9.53. The van der Waals surface area contributed by atoms with Gasteiger partial charge in [-0.25, -0.2) is 4.79 Å². The summed E-state index contributed by atoms with van der Waals surface area (Å²) >= 11 is 8.00. The summed E-state index contributed by atoms with van der Waals surface area (Å²) in [6.45, 7) is 4.12. The summed E-state index contributed by atoms with van der Waals surface area (Å²) in [5.74, 6) is -0.677. The highest BCUT2D eigenvalue weighted by molar-refractivity contribution is 8.24. The molecule has 2 heterocycles. The smallest absolute Gasteiger partial charge is 0.341 e. The van der Waals surface area contributed by atoms with E-state index in [-0.39, 0.29) is 36.0 Å². The zero-order valence-corrected chi connectivity index (χ0v) is 17.8. The molecule has 1 aliphatic carbocycles. The lowest BCUT2D eigenvalue weighted by atomic mass is 9.95. The Kier molecular flexibility index (Phi) is 6.54. The van der Waals surface area contributed by atoms with Crippen LogP contribution in [-0.2, 0) is 27.2 Å². The number of carbonyl (C=O) groups excluding carboxylic acids is 3. The molecule has 0 spiro atoms. The summed E-state index contributed by atoms with van der Waals surface area (Å²) in [6, 6.07) is 0. The molecule has 0 saturated carbocycles. The highest BCUT2D eigenvalue weighted by Gasteiger charge is 2.34. The number of hydrogen-bond donors (Lipinski definition) is 1. The summed E-state index contributed by atoms with van der Waals surface area (Å²) in [6.07, 6.45) is 4.01. The normalized spacial score (nSPS) is 19.2. The van der Waals surface area contributed by atoms with Crippen molar-refractivity contribution in [1.29, 1.82) is 0 Å². The van der Waals surface area contributed by atoms with Crippen LogP contribution < -0.4 is 5.32 Å². The first kappa shape index (κ1) is 20.3. The Hall–Kier alpha value is -1.45. The molecule has 3 rings (SSSR count). The predicted molar refractivity (Wildman–Crippen MR) is 112 cm³/mol. The third kappa shape index (κ3) is 4.35. The third-order valence-corrected chi connectivity index (χ3v) is 7.27. The van der Waals surface area contributed by atoms with Crippen molar-refractivity contribution in [3.8, 4) is 0 Å². The molecule has 1 saturated heterocycles. The zero-order chi connectivity index (χ0) is 19.6. The largest absolute Gasteiger partial charge is 0.462 e. The molecule has 2 amide bonds. The van der Waals surface area contributed by atoms with Gasteiger partial charge >= 0.3 is 5.97 Å². The van der Waals surface area contributed by atoms with Crippen LogP contribution in [0, 0.1) is 0 Å². The minimum absolute atomic E-state index is 0.0587. The van der Waals surface area contributed by atoms with Crippen molar-refractivity contribution in [1.82, 2.24) is 4.90 Å². The minimum Gasteiger partial charge on any atom is -0.462 e. The number of ether oxygens (including phenoxy) is 1. The van der Waals surface area contributed by atoms with Crippen LogP contribution in [0.15, 0.2) is 0 Å². The Bertz CT molecular complexity index is 790. The maximum absolute atomic E-state index is 12.5. The van der Waals surface area contributed by atoms with Gasteiger partial charge in [-0.3, -0.25) is 14.5 Å². The number of nitrogens with one attached hydrogen (secondary N) is 1. The van der Waals surface area contributed by atoms with Crippen LogP contribution in [0.3, 0.4) is 0 Å². The Morgan fingerprint density at radius 3 is 2.74 bits per heavy atom. The van der Waals surface area contributed by atoms with E-state index in [9.17, 15) is 14.4 Å². The van der Waals surface area contributed by atoms with E-state index in [0.29, 0.717) is 21.5 Å². The molecule has 1 aromatic rings. The lowest BCUT2D eigenvalue weighted by Crippen LogP contribution is -2.33. The summed E-state index contributed by atoms with van der Waals surface area (Å²) in [5.41, 5.74) is 1.52. The summed E-state index contributed by atoms with van der Waals surface area (Å²) in [7, 11) is 0. The van der Waals surface area contributed by atoms with Crippen LogP contribution in [0.2, 0.25) is 0 Å². The first-order chi connectivity index (χ1) is 12.9. The maximum Gasteiger partial charge on any atom is 0.341 e. The van der Waals surface area contributed by atoms with Crippen molar-refractivity contribution in [2.45, 2.75) is 51.2 Å². The van der Waals surface area contributed by atoms with E-state index in [1.165, 1.54) is 28.0 Å². The molecule has 6 nitrogen and oxygen atoms in total. The molecule has 1 fully saturated rings. The van der Waals surface area contributed by atoms with Gasteiger partial charge in [-0.15, -0.1) is 11.3 Å². The Morgan fingerprint density at radius 2 is 2.07 bits per heavy atom. The van der Waals surface area contributed by atoms with E-state index in [1.807, 2.05) is 0 Å². The number of anilines is 1. The van der Waals surface area contributed by atoms with Gasteiger partial charge in [-0.2, -0.15) is 0 Å². The van der Waals surface area contributed by atoms with Crippen LogP contribution in [0.25, 0.3) is 0 Å². The number of nitrogens with zero attached hydrogens (tertiary/aromatic N) is 1. The quantitative estimate of drug-likeness (QED) is 0.555. The lowest BCUT2D eigenvalue weighted by Gasteiger charge is -2.15. The number of aryl methyl sites for hydroxylation is 1. The predicted octanol–water partition coefficient (Wildman–Crippen LogP) is 3.38. The van der Waals surface area contributed by atoms with E-state index >= 15 is 0 Å². The molecular formula is C18H22N2O4S3. The number of hydrogen-bond acceptors (Lipinski definition) is 7. The van der Waals surface area contributed by atoms with Crippen LogP contribution in [0.1, 0.15) is 53.9 Å². The van der Waals surface area contributed by atoms with Crippen molar-refractivity contribution < 1.29 is 19.1 Å². The third-order valence-electron chi connectivity index (χ3n) is 4.58. The highest BCUT2D eigenvalue weighted by Crippen LogP contribution is 2.38. The fourth-order valence-electron chi connectivity index (χ4n) is 3.25. The first-order valence-corrected chi connectivity index (χ1v) is 11.2. The fraction of sp³-hybridized carbons (Fsp3) is 0.556. The van der Waals surface area contributed by atoms with Gasteiger partial charge in [-0.1, -0.05) is 24.0 Å². The van der Waals surface area contributed by atoms with Gasteiger partial charge in [0.15, 0.2) is 0 Å². The molecule has 0 bridgehead atoms. The molecule has 9 heteroatoms.